The summed E-state index contributed by atoms with van der Waals surface area (Å²) >= 11 is 0. The Morgan fingerprint density at radius 3 is 2.78 bits per heavy atom. The zero-order chi connectivity index (χ0) is 12.6. The summed E-state index contributed by atoms with van der Waals surface area (Å²) < 4.78 is 25.1. The second-order valence-corrected chi connectivity index (χ2v) is 7.90. The van der Waals surface area contributed by atoms with Crippen molar-refractivity contribution in [1.29, 1.82) is 0 Å². The highest BCUT2D eigenvalue weighted by molar-refractivity contribution is 7.91. The average molecular weight is 268 g/mol. The zero-order valence-corrected chi connectivity index (χ0v) is 11.5. The predicted molar refractivity (Wildman–Crippen MR) is 70.2 cm³/mol. The van der Waals surface area contributed by atoms with E-state index in [0.29, 0.717) is 17.4 Å². The van der Waals surface area contributed by atoms with Crippen LogP contribution in [-0.2, 0) is 29.2 Å². The lowest BCUT2D eigenvalue weighted by Crippen LogP contribution is -2.24. The Labute approximate surface area is 108 Å². The maximum Gasteiger partial charge on any atom is 0.150 e. The molecule has 1 saturated heterocycles. The van der Waals surface area contributed by atoms with Crippen LogP contribution in [0.3, 0.4) is 0 Å². The van der Waals surface area contributed by atoms with Crippen molar-refractivity contribution in [3.63, 3.8) is 0 Å². The number of fused-ring (bicyclic) bond motifs is 1. The molecule has 0 unspecified atom stereocenters. The van der Waals surface area contributed by atoms with Crippen molar-refractivity contribution >= 4 is 9.84 Å². The maximum atomic E-state index is 11.4. The third-order valence-electron chi connectivity index (χ3n) is 4.13. The Morgan fingerprint density at radius 2 is 2.06 bits per heavy atom. The Bertz CT molecular complexity index is 496. The summed E-state index contributed by atoms with van der Waals surface area (Å²) in [5.74, 6) is 2.46. The molecule has 100 valence electrons. The van der Waals surface area contributed by atoms with E-state index in [0.717, 1.165) is 37.9 Å². The number of nitrogens with zero attached hydrogens (tertiary/aromatic N) is 2. The minimum absolute atomic E-state index is 0.366. The minimum Gasteiger partial charge on any atom is -0.335 e. The van der Waals surface area contributed by atoms with Gasteiger partial charge in [-0.25, -0.2) is 13.4 Å². The van der Waals surface area contributed by atoms with E-state index in [-0.39, 0.29) is 0 Å². The largest absolute Gasteiger partial charge is 0.335 e. The van der Waals surface area contributed by atoms with Crippen LogP contribution in [-0.4, -0.2) is 29.5 Å². The van der Waals surface area contributed by atoms with E-state index in [1.165, 1.54) is 18.7 Å². The van der Waals surface area contributed by atoms with Crippen LogP contribution in [0, 0.1) is 5.92 Å². The summed E-state index contributed by atoms with van der Waals surface area (Å²) in [6.07, 6.45) is 8.35. The fraction of sp³-hybridized carbons (Fsp3) is 0.769. The van der Waals surface area contributed by atoms with Crippen LogP contribution < -0.4 is 0 Å². The molecule has 4 nitrogen and oxygen atoms in total. The molecule has 0 atom stereocenters. The van der Waals surface area contributed by atoms with Gasteiger partial charge >= 0.3 is 0 Å². The molecule has 0 aliphatic carbocycles. The molecule has 0 aromatic carbocycles. The first kappa shape index (κ1) is 12.2. The van der Waals surface area contributed by atoms with Gasteiger partial charge in [0.1, 0.15) is 15.7 Å². The molecule has 1 aromatic heterocycles. The summed E-state index contributed by atoms with van der Waals surface area (Å²) in [6, 6.07) is 0. The molecule has 2 aliphatic heterocycles. The monoisotopic (exact) mass is 268 g/mol. The Balaban J connectivity index is 1.65. The number of hydrogen-bond donors (Lipinski definition) is 0. The maximum absolute atomic E-state index is 11.4. The smallest absolute Gasteiger partial charge is 0.150 e. The van der Waals surface area contributed by atoms with Crippen LogP contribution in [0.1, 0.15) is 37.2 Å². The van der Waals surface area contributed by atoms with E-state index in [1.807, 2.05) is 0 Å². The first-order valence-corrected chi connectivity index (χ1v) is 8.70. The van der Waals surface area contributed by atoms with Gasteiger partial charge in [0.05, 0.1) is 17.2 Å². The van der Waals surface area contributed by atoms with Gasteiger partial charge in [-0.05, 0) is 38.0 Å². The van der Waals surface area contributed by atoms with Gasteiger partial charge in [0.25, 0.3) is 0 Å². The average Bonchev–Trinajstić information content (AvgIpc) is 2.74. The second kappa shape index (κ2) is 4.68. The van der Waals surface area contributed by atoms with E-state index < -0.39 is 9.84 Å². The lowest BCUT2D eigenvalue weighted by Gasteiger charge is -2.20. The van der Waals surface area contributed by atoms with Gasteiger partial charge < -0.3 is 4.57 Å². The molecule has 1 aromatic rings. The summed E-state index contributed by atoms with van der Waals surface area (Å²) in [5, 5.41) is 0. The van der Waals surface area contributed by atoms with E-state index in [4.69, 9.17) is 4.98 Å². The number of sulfone groups is 1. The highest BCUT2D eigenvalue weighted by Gasteiger charge is 2.24. The van der Waals surface area contributed by atoms with Gasteiger partial charge in [-0.3, -0.25) is 0 Å². The van der Waals surface area contributed by atoms with Crippen LogP contribution in [0.5, 0.6) is 0 Å². The summed E-state index contributed by atoms with van der Waals surface area (Å²) in [6.45, 7) is 1.10. The summed E-state index contributed by atoms with van der Waals surface area (Å²) in [5.41, 5.74) is 1.16. The molecular weight excluding hydrogens is 248 g/mol. The highest BCUT2D eigenvalue weighted by Crippen LogP contribution is 2.23. The van der Waals surface area contributed by atoms with Gasteiger partial charge in [0.2, 0.25) is 0 Å². The van der Waals surface area contributed by atoms with Gasteiger partial charge in [-0.2, -0.15) is 0 Å². The van der Waals surface area contributed by atoms with Gasteiger partial charge in [-0.15, -0.1) is 0 Å². The van der Waals surface area contributed by atoms with Gasteiger partial charge in [0.15, 0.2) is 0 Å². The van der Waals surface area contributed by atoms with Crippen molar-refractivity contribution in [1.82, 2.24) is 9.55 Å². The minimum atomic E-state index is -2.74. The molecule has 3 rings (SSSR count). The Hall–Kier alpha value is -0.840. The third kappa shape index (κ3) is 2.60. The standard InChI is InChI=1S/C13H20N2O2S/c16-18(17)7-4-11(5-8-18)9-12-10-15-6-2-1-3-13(15)14-12/h10-11H,1-9H2. The lowest BCUT2D eigenvalue weighted by molar-refractivity contribution is 0.459. The van der Waals surface area contributed by atoms with Crippen molar-refractivity contribution < 1.29 is 8.42 Å². The van der Waals surface area contributed by atoms with Crippen molar-refractivity contribution in [2.45, 2.75) is 45.1 Å². The summed E-state index contributed by atoms with van der Waals surface area (Å²) in [7, 11) is -2.74. The van der Waals surface area contributed by atoms with E-state index in [9.17, 15) is 8.42 Å². The molecular formula is C13H20N2O2S. The van der Waals surface area contributed by atoms with Crippen LogP contribution in [0.4, 0.5) is 0 Å². The number of rotatable bonds is 2. The number of aromatic nitrogens is 2. The molecule has 0 N–H and O–H groups in total. The van der Waals surface area contributed by atoms with E-state index in [1.54, 1.807) is 0 Å². The lowest BCUT2D eigenvalue weighted by atomic mass is 9.97. The second-order valence-electron chi connectivity index (χ2n) is 5.60. The first-order chi connectivity index (χ1) is 8.62. The van der Waals surface area contributed by atoms with Crippen molar-refractivity contribution in [3.05, 3.63) is 17.7 Å². The molecule has 5 heteroatoms. The predicted octanol–water partition coefficient (Wildman–Crippen LogP) is 1.59. The van der Waals surface area contributed by atoms with Crippen LogP contribution >= 0.6 is 0 Å². The first-order valence-electron chi connectivity index (χ1n) is 6.88. The van der Waals surface area contributed by atoms with Crippen LogP contribution in [0.15, 0.2) is 6.20 Å². The topological polar surface area (TPSA) is 52.0 Å². The number of aryl methyl sites for hydroxylation is 2. The molecule has 3 heterocycles. The molecule has 0 spiro atoms. The number of hydrogen-bond acceptors (Lipinski definition) is 3. The van der Waals surface area contributed by atoms with E-state index in [2.05, 4.69) is 10.8 Å². The van der Waals surface area contributed by atoms with Gasteiger partial charge in [0, 0.05) is 19.2 Å². The Morgan fingerprint density at radius 1 is 1.28 bits per heavy atom. The molecule has 0 radical (unpaired) electrons. The zero-order valence-electron chi connectivity index (χ0n) is 10.6. The molecule has 18 heavy (non-hydrogen) atoms. The van der Waals surface area contributed by atoms with Crippen LogP contribution in [0.25, 0.3) is 0 Å². The van der Waals surface area contributed by atoms with Crippen molar-refractivity contribution in [2.75, 3.05) is 11.5 Å². The molecule has 0 saturated carbocycles. The Kier molecular flexibility index (Phi) is 3.18. The van der Waals surface area contributed by atoms with Crippen LogP contribution in [0.2, 0.25) is 0 Å². The fourth-order valence-electron chi connectivity index (χ4n) is 3.01. The quantitative estimate of drug-likeness (QED) is 0.818. The van der Waals surface area contributed by atoms with Gasteiger partial charge in [-0.1, -0.05) is 0 Å². The highest BCUT2D eigenvalue weighted by atomic mass is 32.2. The molecule has 0 amide bonds. The molecule has 2 aliphatic rings. The summed E-state index contributed by atoms with van der Waals surface area (Å²) in [4.78, 5) is 4.69. The van der Waals surface area contributed by atoms with E-state index >= 15 is 0 Å². The van der Waals surface area contributed by atoms with Crippen molar-refractivity contribution in [3.8, 4) is 0 Å². The fourth-order valence-corrected chi connectivity index (χ4v) is 4.60. The SMILES string of the molecule is O=S1(=O)CCC(Cc2cn3c(n2)CCCC3)CC1. The molecule has 1 fully saturated rings. The third-order valence-corrected chi connectivity index (χ3v) is 5.85. The van der Waals surface area contributed by atoms with Crippen molar-refractivity contribution in [2.24, 2.45) is 5.92 Å². The molecule has 0 bridgehead atoms. The normalized spacial score (nSPS) is 23.8. The number of imidazole rings is 1.